The molecular formula is C19H27NO2. The molecule has 0 bridgehead atoms. The lowest BCUT2D eigenvalue weighted by Crippen LogP contribution is -2.37. The number of benzene rings is 1. The van der Waals surface area contributed by atoms with Gasteiger partial charge in [0.25, 0.3) is 0 Å². The number of carbonyl (C=O) groups is 2. The molecule has 1 heterocycles. The number of Topliss-reactive ketones (excluding diaryl/α,β-unsaturated/α-hetero) is 1. The Hall–Kier alpha value is -1.64. The van der Waals surface area contributed by atoms with Crippen molar-refractivity contribution in [2.24, 2.45) is 0 Å². The third kappa shape index (κ3) is 4.19. The first-order valence-corrected chi connectivity index (χ1v) is 8.56. The van der Waals surface area contributed by atoms with Gasteiger partial charge >= 0.3 is 0 Å². The second-order valence-electron chi connectivity index (χ2n) is 6.16. The summed E-state index contributed by atoms with van der Waals surface area (Å²) in [6.45, 7) is 5.74. The zero-order chi connectivity index (χ0) is 15.9. The molecule has 1 saturated heterocycles. The van der Waals surface area contributed by atoms with E-state index in [0.717, 1.165) is 44.3 Å². The molecule has 22 heavy (non-hydrogen) atoms. The van der Waals surface area contributed by atoms with Crippen molar-refractivity contribution in [3.8, 4) is 0 Å². The molecule has 1 aliphatic rings. The first-order valence-electron chi connectivity index (χ1n) is 8.56. The summed E-state index contributed by atoms with van der Waals surface area (Å²) < 4.78 is 0. The number of piperidine rings is 1. The van der Waals surface area contributed by atoms with E-state index in [0.29, 0.717) is 24.7 Å². The van der Waals surface area contributed by atoms with Gasteiger partial charge in [-0.3, -0.25) is 9.59 Å². The van der Waals surface area contributed by atoms with E-state index in [-0.39, 0.29) is 5.78 Å². The molecule has 0 N–H and O–H groups in total. The molecular weight excluding hydrogens is 274 g/mol. The molecule has 0 saturated carbocycles. The van der Waals surface area contributed by atoms with Gasteiger partial charge in [0, 0.05) is 31.5 Å². The Morgan fingerprint density at radius 2 is 1.73 bits per heavy atom. The van der Waals surface area contributed by atoms with Crippen LogP contribution in [0, 0.1) is 0 Å². The van der Waals surface area contributed by atoms with Crippen molar-refractivity contribution in [2.75, 3.05) is 13.1 Å². The molecule has 0 unspecified atom stereocenters. The van der Waals surface area contributed by atoms with Crippen molar-refractivity contribution in [1.82, 2.24) is 4.90 Å². The Kier molecular flexibility index (Phi) is 6.17. The van der Waals surface area contributed by atoms with Crippen molar-refractivity contribution in [3.63, 3.8) is 0 Å². The van der Waals surface area contributed by atoms with E-state index in [1.54, 1.807) is 0 Å². The van der Waals surface area contributed by atoms with Crippen LogP contribution in [0.2, 0.25) is 0 Å². The maximum Gasteiger partial charge on any atom is 0.222 e. The number of rotatable bonds is 6. The predicted molar refractivity (Wildman–Crippen MR) is 89.1 cm³/mol. The Morgan fingerprint density at radius 1 is 1.09 bits per heavy atom. The molecule has 0 radical (unpaired) electrons. The average Bonchev–Trinajstić information content (AvgIpc) is 2.59. The molecule has 1 aromatic carbocycles. The molecule has 1 aromatic rings. The number of nitrogens with zero attached hydrogens (tertiary/aromatic N) is 1. The van der Waals surface area contributed by atoms with Crippen molar-refractivity contribution < 1.29 is 9.59 Å². The van der Waals surface area contributed by atoms with Crippen molar-refractivity contribution in [3.05, 3.63) is 35.4 Å². The Bertz CT molecular complexity index is 499. The Labute approximate surface area is 133 Å². The normalized spacial score (nSPS) is 15.8. The molecule has 1 aliphatic heterocycles. The number of amides is 1. The minimum atomic E-state index is 0.197. The first kappa shape index (κ1) is 16.7. The minimum Gasteiger partial charge on any atom is -0.343 e. The van der Waals surface area contributed by atoms with Gasteiger partial charge in [-0.05, 0) is 30.7 Å². The first-order chi connectivity index (χ1) is 10.7. The van der Waals surface area contributed by atoms with Crippen LogP contribution in [0.5, 0.6) is 0 Å². The molecule has 120 valence electrons. The maximum atomic E-state index is 12.0. The summed E-state index contributed by atoms with van der Waals surface area (Å²) in [5.74, 6) is 1.02. The molecule has 0 aromatic heterocycles. The van der Waals surface area contributed by atoms with Gasteiger partial charge in [0.1, 0.15) is 0 Å². The summed E-state index contributed by atoms with van der Waals surface area (Å²) in [5, 5.41) is 0. The lowest BCUT2D eigenvalue weighted by molar-refractivity contribution is -0.132. The van der Waals surface area contributed by atoms with Crippen LogP contribution in [-0.2, 0) is 4.79 Å². The molecule has 1 fully saturated rings. The van der Waals surface area contributed by atoms with Crippen LogP contribution >= 0.6 is 0 Å². The van der Waals surface area contributed by atoms with Gasteiger partial charge in [-0.15, -0.1) is 0 Å². The molecule has 0 atom stereocenters. The second-order valence-corrected chi connectivity index (χ2v) is 6.16. The Balaban J connectivity index is 1.88. The monoisotopic (exact) mass is 301 g/mol. The van der Waals surface area contributed by atoms with Gasteiger partial charge < -0.3 is 4.90 Å². The van der Waals surface area contributed by atoms with E-state index >= 15 is 0 Å². The number of hydrogen-bond acceptors (Lipinski definition) is 2. The highest BCUT2D eigenvalue weighted by Gasteiger charge is 2.23. The fourth-order valence-corrected chi connectivity index (χ4v) is 3.09. The molecule has 3 nitrogen and oxygen atoms in total. The van der Waals surface area contributed by atoms with E-state index in [1.165, 1.54) is 5.56 Å². The quantitative estimate of drug-likeness (QED) is 0.739. The van der Waals surface area contributed by atoms with E-state index in [1.807, 2.05) is 24.0 Å². The maximum absolute atomic E-state index is 12.0. The zero-order valence-corrected chi connectivity index (χ0v) is 13.8. The molecule has 2 rings (SSSR count). The van der Waals surface area contributed by atoms with E-state index in [2.05, 4.69) is 19.1 Å². The molecule has 1 amide bonds. The highest BCUT2D eigenvalue weighted by atomic mass is 16.2. The molecule has 3 heteroatoms. The van der Waals surface area contributed by atoms with Crippen LogP contribution < -0.4 is 0 Å². The van der Waals surface area contributed by atoms with Gasteiger partial charge in [-0.25, -0.2) is 0 Å². The number of hydrogen-bond donors (Lipinski definition) is 0. The summed E-state index contributed by atoms with van der Waals surface area (Å²) in [5.41, 5.74) is 2.10. The second kappa shape index (κ2) is 8.11. The van der Waals surface area contributed by atoms with Crippen LogP contribution in [0.3, 0.4) is 0 Å². The lowest BCUT2D eigenvalue weighted by atomic mass is 9.88. The molecule has 0 aliphatic carbocycles. The molecule has 0 spiro atoms. The third-order valence-electron chi connectivity index (χ3n) is 4.62. The SMILES string of the molecule is CCCCC(=O)N1CCC(c2ccc(C(=O)CC)cc2)CC1. The summed E-state index contributed by atoms with van der Waals surface area (Å²) in [7, 11) is 0. The van der Waals surface area contributed by atoms with Gasteiger partial charge in [0.05, 0.1) is 0 Å². The lowest BCUT2D eigenvalue weighted by Gasteiger charge is -2.32. The van der Waals surface area contributed by atoms with E-state index in [9.17, 15) is 9.59 Å². The van der Waals surface area contributed by atoms with Crippen molar-refractivity contribution >= 4 is 11.7 Å². The van der Waals surface area contributed by atoms with Crippen LogP contribution in [0.4, 0.5) is 0 Å². The van der Waals surface area contributed by atoms with Gasteiger partial charge in [-0.1, -0.05) is 44.5 Å². The average molecular weight is 301 g/mol. The van der Waals surface area contributed by atoms with Crippen LogP contribution in [0.1, 0.15) is 74.2 Å². The number of unbranched alkanes of at least 4 members (excludes halogenated alkanes) is 1. The zero-order valence-electron chi connectivity index (χ0n) is 13.8. The number of ketones is 1. The fraction of sp³-hybridized carbons (Fsp3) is 0.579. The fourth-order valence-electron chi connectivity index (χ4n) is 3.09. The van der Waals surface area contributed by atoms with Gasteiger partial charge in [-0.2, -0.15) is 0 Å². The summed E-state index contributed by atoms with van der Waals surface area (Å²) in [4.78, 5) is 25.7. The summed E-state index contributed by atoms with van der Waals surface area (Å²) in [6, 6.07) is 8.06. The largest absolute Gasteiger partial charge is 0.343 e. The number of carbonyl (C=O) groups excluding carboxylic acids is 2. The topological polar surface area (TPSA) is 37.4 Å². The standard InChI is InChI=1S/C19H27NO2/c1-3-5-6-19(22)20-13-11-16(12-14-20)15-7-9-17(10-8-15)18(21)4-2/h7-10,16H,3-6,11-14H2,1-2H3. The van der Waals surface area contributed by atoms with Crippen molar-refractivity contribution in [1.29, 1.82) is 0 Å². The smallest absolute Gasteiger partial charge is 0.222 e. The Morgan fingerprint density at radius 3 is 2.27 bits per heavy atom. The highest BCUT2D eigenvalue weighted by molar-refractivity contribution is 5.95. The van der Waals surface area contributed by atoms with Crippen LogP contribution in [0.15, 0.2) is 24.3 Å². The van der Waals surface area contributed by atoms with E-state index in [4.69, 9.17) is 0 Å². The number of likely N-dealkylation sites (tertiary alicyclic amines) is 1. The summed E-state index contributed by atoms with van der Waals surface area (Å²) in [6.07, 6.45) is 5.36. The van der Waals surface area contributed by atoms with Gasteiger partial charge in [0.15, 0.2) is 5.78 Å². The van der Waals surface area contributed by atoms with E-state index < -0.39 is 0 Å². The van der Waals surface area contributed by atoms with Crippen LogP contribution in [0.25, 0.3) is 0 Å². The summed E-state index contributed by atoms with van der Waals surface area (Å²) >= 11 is 0. The minimum absolute atomic E-state index is 0.197. The van der Waals surface area contributed by atoms with Crippen molar-refractivity contribution in [2.45, 2.75) is 58.3 Å². The predicted octanol–water partition coefficient (Wildman–Crippen LogP) is 4.18. The van der Waals surface area contributed by atoms with Gasteiger partial charge in [0.2, 0.25) is 5.91 Å². The third-order valence-corrected chi connectivity index (χ3v) is 4.62. The van der Waals surface area contributed by atoms with Crippen LogP contribution in [-0.4, -0.2) is 29.7 Å². The highest BCUT2D eigenvalue weighted by Crippen LogP contribution is 2.28.